The van der Waals surface area contributed by atoms with Crippen LogP contribution in [0.2, 0.25) is 0 Å². The quantitative estimate of drug-likeness (QED) is 0.217. The minimum absolute atomic E-state index is 0.0253. The first kappa shape index (κ1) is 25.5. The summed E-state index contributed by atoms with van der Waals surface area (Å²) in [6.45, 7) is 1.84. The largest absolute Gasteiger partial charge is 0.493 e. The summed E-state index contributed by atoms with van der Waals surface area (Å²) < 4.78 is 19.0. The molecule has 194 valence electrons. The third-order valence-electron chi connectivity index (χ3n) is 5.71. The van der Waals surface area contributed by atoms with E-state index in [0.717, 1.165) is 5.56 Å². The SMILES string of the molecule is COc1ccc(/C=N/Nc2nc3c(c(=O)[nH]c(=O)n3C)n2C[C@@H](O)COc2ccccc2C)cc1OC. The van der Waals surface area contributed by atoms with Crippen molar-refractivity contribution in [1.82, 2.24) is 19.1 Å². The summed E-state index contributed by atoms with van der Waals surface area (Å²) in [5.41, 5.74) is 3.47. The molecule has 0 unspecified atom stereocenters. The highest BCUT2D eigenvalue weighted by atomic mass is 16.5. The normalized spacial score (nSPS) is 12.1. The maximum Gasteiger partial charge on any atom is 0.329 e. The second kappa shape index (κ2) is 11.0. The highest BCUT2D eigenvalue weighted by molar-refractivity contribution is 5.82. The van der Waals surface area contributed by atoms with Crippen LogP contribution in [0.5, 0.6) is 17.2 Å². The van der Waals surface area contributed by atoms with Gasteiger partial charge in [0.15, 0.2) is 22.7 Å². The standard InChI is InChI=1S/C25H28N6O6/c1-15-7-5-6-8-18(15)37-14-17(32)13-31-21-22(30(2)25(34)28-23(21)33)27-24(31)29-26-12-16-9-10-19(35-3)20(11-16)36-4/h5-12,17,32H,13-14H2,1-4H3,(H,27,29)(H,28,33,34)/b26-12+/t17-/m1/s1. The van der Waals surface area contributed by atoms with Crippen LogP contribution in [0.4, 0.5) is 5.95 Å². The number of para-hydroxylation sites is 1. The van der Waals surface area contributed by atoms with Gasteiger partial charge in [-0.15, -0.1) is 0 Å². The number of benzene rings is 2. The van der Waals surface area contributed by atoms with Crippen LogP contribution in [-0.4, -0.2) is 57.4 Å². The Hall–Kier alpha value is -4.58. The number of H-pyrrole nitrogens is 1. The molecule has 0 aliphatic carbocycles. The molecule has 0 fully saturated rings. The Morgan fingerprint density at radius 3 is 2.62 bits per heavy atom. The number of hydrogen-bond donors (Lipinski definition) is 3. The number of nitrogens with one attached hydrogen (secondary N) is 2. The van der Waals surface area contributed by atoms with Crippen LogP contribution in [0.1, 0.15) is 11.1 Å². The first-order chi connectivity index (χ1) is 17.8. The fourth-order valence-corrected chi connectivity index (χ4v) is 3.76. The van der Waals surface area contributed by atoms with Crippen LogP contribution in [0.25, 0.3) is 11.2 Å². The van der Waals surface area contributed by atoms with Crippen molar-refractivity contribution in [3.8, 4) is 17.2 Å². The zero-order valence-corrected chi connectivity index (χ0v) is 20.9. The number of aryl methyl sites for hydroxylation is 2. The number of nitrogens with zero attached hydrogens (tertiary/aromatic N) is 4. The number of aromatic nitrogens is 4. The van der Waals surface area contributed by atoms with Gasteiger partial charge in [-0.1, -0.05) is 18.2 Å². The van der Waals surface area contributed by atoms with Gasteiger partial charge in [0.1, 0.15) is 18.5 Å². The lowest BCUT2D eigenvalue weighted by Gasteiger charge is -2.16. The van der Waals surface area contributed by atoms with Crippen molar-refractivity contribution in [3.63, 3.8) is 0 Å². The molecule has 12 nitrogen and oxygen atoms in total. The molecule has 37 heavy (non-hydrogen) atoms. The van der Waals surface area contributed by atoms with Gasteiger partial charge in [0.25, 0.3) is 5.56 Å². The summed E-state index contributed by atoms with van der Waals surface area (Å²) in [4.78, 5) is 31.5. The maximum atomic E-state index is 12.7. The van der Waals surface area contributed by atoms with Crippen molar-refractivity contribution in [2.75, 3.05) is 26.3 Å². The van der Waals surface area contributed by atoms with Crippen molar-refractivity contribution in [1.29, 1.82) is 0 Å². The number of hydrogen-bond acceptors (Lipinski definition) is 9. The molecule has 0 aliphatic heterocycles. The number of fused-ring (bicyclic) bond motifs is 1. The summed E-state index contributed by atoms with van der Waals surface area (Å²) in [5.74, 6) is 1.93. The van der Waals surface area contributed by atoms with E-state index in [1.807, 2.05) is 31.2 Å². The molecule has 12 heteroatoms. The van der Waals surface area contributed by atoms with Gasteiger partial charge in [0.2, 0.25) is 5.95 Å². The van der Waals surface area contributed by atoms with Crippen LogP contribution in [0, 0.1) is 6.92 Å². The highest BCUT2D eigenvalue weighted by Crippen LogP contribution is 2.27. The Balaban J connectivity index is 1.62. The van der Waals surface area contributed by atoms with Gasteiger partial charge in [-0.05, 0) is 42.3 Å². The van der Waals surface area contributed by atoms with Crippen molar-refractivity contribution in [2.24, 2.45) is 12.1 Å². The fourth-order valence-electron chi connectivity index (χ4n) is 3.76. The molecule has 0 aliphatic rings. The molecule has 2 aromatic carbocycles. The van der Waals surface area contributed by atoms with Gasteiger partial charge < -0.3 is 23.9 Å². The highest BCUT2D eigenvalue weighted by Gasteiger charge is 2.20. The van der Waals surface area contributed by atoms with Crippen LogP contribution in [0.3, 0.4) is 0 Å². The van der Waals surface area contributed by atoms with Gasteiger partial charge in [0.05, 0.1) is 27.0 Å². The van der Waals surface area contributed by atoms with Gasteiger partial charge in [-0.2, -0.15) is 10.1 Å². The summed E-state index contributed by atoms with van der Waals surface area (Å²) in [7, 11) is 4.58. The fraction of sp³-hybridized carbons (Fsp3) is 0.280. The zero-order valence-electron chi connectivity index (χ0n) is 20.9. The second-order valence-electron chi connectivity index (χ2n) is 8.25. The van der Waals surface area contributed by atoms with Crippen LogP contribution < -0.4 is 30.9 Å². The summed E-state index contributed by atoms with van der Waals surface area (Å²) in [5, 5.41) is 15.0. The molecule has 0 radical (unpaired) electrons. The van der Waals surface area contributed by atoms with Gasteiger partial charge >= 0.3 is 5.69 Å². The number of anilines is 1. The third-order valence-corrected chi connectivity index (χ3v) is 5.71. The van der Waals surface area contributed by atoms with Crippen molar-refractivity contribution >= 4 is 23.3 Å². The second-order valence-corrected chi connectivity index (χ2v) is 8.25. The van der Waals surface area contributed by atoms with E-state index in [0.29, 0.717) is 22.8 Å². The van der Waals surface area contributed by atoms with E-state index in [1.54, 1.807) is 25.3 Å². The van der Waals surface area contributed by atoms with Gasteiger partial charge in [-0.3, -0.25) is 14.3 Å². The Bertz CT molecular complexity index is 1550. The molecule has 4 rings (SSSR count). The number of imidazole rings is 1. The summed E-state index contributed by atoms with van der Waals surface area (Å²) >= 11 is 0. The van der Waals surface area contributed by atoms with E-state index in [-0.39, 0.29) is 30.3 Å². The third kappa shape index (κ3) is 5.48. The lowest BCUT2D eigenvalue weighted by molar-refractivity contribution is 0.0935. The Labute approximate surface area is 211 Å². The predicted molar refractivity (Wildman–Crippen MR) is 139 cm³/mol. The molecule has 0 saturated carbocycles. The van der Waals surface area contributed by atoms with Crippen LogP contribution >= 0.6 is 0 Å². The molecule has 0 saturated heterocycles. The lowest BCUT2D eigenvalue weighted by atomic mass is 10.2. The van der Waals surface area contributed by atoms with Crippen molar-refractivity contribution in [2.45, 2.75) is 19.6 Å². The molecular weight excluding hydrogens is 480 g/mol. The monoisotopic (exact) mass is 508 g/mol. The molecule has 4 aromatic rings. The molecule has 2 heterocycles. The maximum absolute atomic E-state index is 12.7. The van der Waals surface area contributed by atoms with Gasteiger partial charge in [-0.25, -0.2) is 10.2 Å². The Morgan fingerprint density at radius 2 is 1.89 bits per heavy atom. The topological polar surface area (TPSA) is 145 Å². The Morgan fingerprint density at radius 1 is 1.14 bits per heavy atom. The van der Waals surface area contributed by atoms with Crippen molar-refractivity contribution < 1.29 is 19.3 Å². The van der Waals surface area contributed by atoms with E-state index in [9.17, 15) is 14.7 Å². The minimum atomic E-state index is -0.996. The molecule has 3 N–H and O–H groups in total. The first-order valence-corrected chi connectivity index (χ1v) is 11.4. The summed E-state index contributed by atoms with van der Waals surface area (Å²) in [6, 6.07) is 12.7. The lowest BCUT2D eigenvalue weighted by Crippen LogP contribution is -2.30. The number of methoxy groups -OCH3 is 2. The van der Waals surface area contributed by atoms with Crippen LogP contribution in [-0.2, 0) is 13.6 Å². The molecule has 0 spiro atoms. The average molecular weight is 509 g/mol. The average Bonchev–Trinajstić information content (AvgIpc) is 3.25. The number of hydrazone groups is 1. The van der Waals surface area contributed by atoms with Gasteiger partial charge in [0, 0.05) is 7.05 Å². The molecule has 2 aromatic heterocycles. The van der Waals surface area contributed by atoms with E-state index in [1.165, 1.54) is 29.5 Å². The molecule has 0 amide bonds. The number of aromatic amines is 1. The number of rotatable bonds is 10. The van der Waals surface area contributed by atoms with E-state index in [4.69, 9.17) is 14.2 Å². The number of aliphatic hydroxyl groups excluding tert-OH is 1. The molecule has 1 atom stereocenters. The van der Waals surface area contributed by atoms with E-state index in [2.05, 4.69) is 20.5 Å². The first-order valence-electron chi connectivity index (χ1n) is 11.4. The van der Waals surface area contributed by atoms with E-state index < -0.39 is 17.4 Å². The Kier molecular flexibility index (Phi) is 7.58. The molecule has 0 bridgehead atoms. The van der Waals surface area contributed by atoms with E-state index >= 15 is 0 Å². The molecular formula is C25H28N6O6. The number of ether oxygens (including phenoxy) is 3. The number of aliphatic hydroxyl groups is 1. The smallest absolute Gasteiger partial charge is 0.329 e. The zero-order chi connectivity index (χ0) is 26.5. The predicted octanol–water partition coefficient (Wildman–Crippen LogP) is 1.63. The van der Waals surface area contributed by atoms with Crippen molar-refractivity contribution in [3.05, 3.63) is 74.4 Å². The minimum Gasteiger partial charge on any atom is -0.493 e. The summed E-state index contributed by atoms with van der Waals surface area (Å²) in [6.07, 6.45) is 0.538. The van der Waals surface area contributed by atoms with Crippen LogP contribution in [0.15, 0.2) is 57.2 Å².